The lowest BCUT2D eigenvalue weighted by atomic mass is 10.1. The summed E-state index contributed by atoms with van der Waals surface area (Å²) >= 11 is 0. The van der Waals surface area contributed by atoms with Gasteiger partial charge in [0.15, 0.2) is 0 Å². The molecule has 106 valence electrons. The third-order valence-electron chi connectivity index (χ3n) is 2.27. The van der Waals surface area contributed by atoms with E-state index in [1.807, 2.05) is 13.8 Å². The Morgan fingerprint density at radius 2 is 1.78 bits per heavy atom. The van der Waals surface area contributed by atoms with Crippen molar-refractivity contribution in [3.63, 3.8) is 0 Å². The molecule has 0 aliphatic carbocycles. The van der Waals surface area contributed by atoms with Crippen LogP contribution in [0.4, 0.5) is 0 Å². The molecular formula is C13H25NO4. The van der Waals surface area contributed by atoms with Crippen molar-refractivity contribution in [1.29, 1.82) is 0 Å². The van der Waals surface area contributed by atoms with Crippen LogP contribution in [0, 0.1) is 0 Å². The van der Waals surface area contributed by atoms with Gasteiger partial charge in [0.25, 0.3) is 0 Å². The molecule has 0 fully saturated rings. The van der Waals surface area contributed by atoms with E-state index >= 15 is 0 Å². The quantitative estimate of drug-likeness (QED) is 0.551. The first-order valence-corrected chi connectivity index (χ1v) is 6.18. The van der Waals surface area contributed by atoms with E-state index in [9.17, 15) is 9.59 Å². The second kappa shape index (κ2) is 7.48. The van der Waals surface area contributed by atoms with Gasteiger partial charge in [-0.2, -0.15) is 0 Å². The molecule has 0 spiro atoms. The van der Waals surface area contributed by atoms with Gasteiger partial charge in [-0.25, -0.2) is 4.79 Å². The summed E-state index contributed by atoms with van der Waals surface area (Å²) in [6, 6.07) is -0.0809. The van der Waals surface area contributed by atoms with Gasteiger partial charge >= 0.3 is 5.97 Å². The standard InChI is InChI=1S/C13H25NO4/c1-9(14-8-10(2)17-6)7-11(15)12(16)18-13(3,4)5/h9-10,14H,7-8H2,1-6H3/t9-,10?/m1/s1. The van der Waals surface area contributed by atoms with Gasteiger partial charge in [0.1, 0.15) is 5.60 Å². The molecule has 0 radical (unpaired) electrons. The minimum Gasteiger partial charge on any atom is -0.454 e. The van der Waals surface area contributed by atoms with Crippen molar-refractivity contribution in [2.45, 2.75) is 58.8 Å². The Morgan fingerprint density at radius 3 is 2.22 bits per heavy atom. The molecule has 0 amide bonds. The lowest BCUT2D eigenvalue weighted by Gasteiger charge is -2.20. The van der Waals surface area contributed by atoms with Gasteiger partial charge in [-0.05, 0) is 34.6 Å². The van der Waals surface area contributed by atoms with E-state index in [-0.39, 0.29) is 18.6 Å². The lowest BCUT2D eigenvalue weighted by molar-refractivity contribution is -0.162. The number of hydrogen-bond acceptors (Lipinski definition) is 5. The van der Waals surface area contributed by atoms with Crippen LogP contribution in [0.3, 0.4) is 0 Å². The third-order valence-corrected chi connectivity index (χ3v) is 2.27. The molecule has 0 aromatic heterocycles. The molecule has 0 aromatic carbocycles. The van der Waals surface area contributed by atoms with E-state index in [0.29, 0.717) is 6.54 Å². The number of carbonyl (C=O) groups excluding carboxylic acids is 2. The first kappa shape index (κ1) is 17.1. The number of ether oxygens (including phenoxy) is 2. The predicted molar refractivity (Wildman–Crippen MR) is 69.4 cm³/mol. The molecule has 0 bridgehead atoms. The normalized spacial score (nSPS) is 15.0. The Bertz CT molecular complexity index is 283. The molecule has 0 aliphatic heterocycles. The zero-order chi connectivity index (χ0) is 14.3. The van der Waals surface area contributed by atoms with Gasteiger partial charge < -0.3 is 14.8 Å². The summed E-state index contributed by atoms with van der Waals surface area (Å²) in [5.74, 6) is -1.27. The fourth-order valence-corrected chi connectivity index (χ4v) is 1.22. The Morgan fingerprint density at radius 1 is 1.22 bits per heavy atom. The number of rotatable bonds is 7. The summed E-state index contributed by atoms with van der Waals surface area (Å²) in [6.45, 7) is 9.62. The maximum absolute atomic E-state index is 11.6. The number of ketones is 1. The van der Waals surface area contributed by atoms with Crippen molar-refractivity contribution in [2.24, 2.45) is 0 Å². The maximum Gasteiger partial charge on any atom is 0.375 e. The van der Waals surface area contributed by atoms with Crippen molar-refractivity contribution >= 4 is 11.8 Å². The van der Waals surface area contributed by atoms with E-state index in [2.05, 4.69) is 5.32 Å². The monoisotopic (exact) mass is 259 g/mol. The average molecular weight is 259 g/mol. The Hall–Kier alpha value is -0.940. The summed E-state index contributed by atoms with van der Waals surface area (Å²) < 4.78 is 10.1. The highest BCUT2D eigenvalue weighted by molar-refractivity contribution is 6.33. The topological polar surface area (TPSA) is 64.6 Å². The summed E-state index contributed by atoms with van der Waals surface area (Å²) in [4.78, 5) is 23.1. The van der Waals surface area contributed by atoms with Crippen molar-refractivity contribution in [3.8, 4) is 0 Å². The highest BCUT2D eigenvalue weighted by atomic mass is 16.6. The third kappa shape index (κ3) is 8.20. The molecule has 0 rings (SSSR count). The van der Waals surface area contributed by atoms with Gasteiger partial charge in [0.2, 0.25) is 5.78 Å². The van der Waals surface area contributed by atoms with E-state index in [1.165, 1.54) is 0 Å². The van der Waals surface area contributed by atoms with Crippen LogP contribution in [0.5, 0.6) is 0 Å². The van der Waals surface area contributed by atoms with Gasteiger partial charge in [-0.1, -0.05) is 0 Å². The zero-order valence-corrected chi connectivity index (χ0v) is 12.2. The van der Waals surface area contributed by atoms with E-state index < -0.39 is 17.4 Å². The largest absolute Gasteiger partial charge is 0.454 e. The Labute approximate surface area is 109 Å². The molecule has 0 saturated heterocycles. The number of carbonyl (C=O) groups is 2. The van der Waals surface area contributed by atoms with Crippen LogP contribution in [0.2, 0.25) is 0 Å². The number of esters is 1. The second-order valence-corrected chi connectivity index (χ2v) is 5.48. The molecule has 0 aromatic rings. The average Bonchev–Trinajstić information content (AvgIpc) is 2.23. The second-order valence-electron chi connectivity index (χ2n) is 5.48. The molecule has 5 nitrogen and oxygen atoms in total. The minimum absolute atomic E-state index is 0.0732. The molecule has 1 N–H and O–H groups in total. The van der Waals surface area contributed by atoms with Crippen molar-refractivity contribution in [2.75, 3.05) is 13.7 Å². The van der Waals surface area contributed by atoms with E-state index in [1.54, 1.807) is 27.9 Å². The number of nitrogens with one attached hydrogen (secondary N) is 1. The van der Waals surface area contributed by atoms with Gasteiger partial charge in [-0.15, -0.1) is 0 Å². The lowest BCUT2D eigenvalue weighted by Crippen LogP contribution is -2.37. The fraction of sp³-hybridized carbons (Fsp3) is 0.846. The molecule has 18 heavy (non-hydrogen) atoms. The molecular weight excluding hydrogens is 234 g/mol. The van der Waals surface area contributed by atoms with E-state index in [0.717, 1.165) is 0 Å². The number of hydrogen-bond donors (Lipinski definition) is 1. The van der Waals surface area contributed by atoms with Crippen LogP contribution in [-0.4, -0.2) is 43.2 Å². The molecule has 0 saturated carbocycles. The molecule has 2 atom stereocenters. The summed E-state index contributed by atoms with van der Waals surface area (Å²) in [5.41, 5.74) is -0.631. The molecule has 1 unspecified atom stereocenters. The SMILES string of the molecule is COC(C)CN[C@H](C)CC(=O)C(=O)OC(C)(C)C. The molecule has 0 heterocycles. The van der Waals surface area contributed by atoms with Crippen LogP contribution in [0.25, 0.3) is 0 Å². The van der Waals surface area contributed by atoms with Crippen molar-refractivity contribution in [3.05, 3.63) is 0 Å². The zero-order valence-electron chi connectivity index (χ0n) is 12.2. The first-order chi connectivity index (χ1) is 8.15. The minimum atomic E-state index is -0.768. The summed E-state index contributed by atoms with van der Waals surface area (Å²) in [6.07, 6.45) is 0.204. The molecule has 0 aliphatic rings. The van der Waals surface area contributed by atoms with Crippen LogP contribution < -0.4 is 5.32 Å². The van der Waals surface area contributed by atoms with Gasteiger partial charge in [0, 0.05) is 26.1 Å². The first-order valence-electron chi connectivity index (χ1n) is 6.18. The summed E-state index contributed by atoms with van der Waals surface area (Å²) in [5, 5.41) is 3.13. The number of methoxy groups -OCH3 is 1. The Kier molecular flexibility index (Phi) is 7.09. The van der Waals surface area contributed by atoms with Gasteiger partial charge in [-0.3, -0.25) is 4.79 Å². The number of Topliss-reactive ketones (excluding diaryl/α,β-unsaturated/α-hetero) is 1. The highest BCUT2D eigenvalue weighted by Crippen LogP contribution is 2.08. The van der Waals surface area contributed by atoms with Crippen LogP contribution in [0.1, 0.15) is 41.0 Å². The summed E-state index contributed by atoms with van der Waals surface area (Å²) in [7, 11) is 1.63. The Balaban J connectivity index is 4.04. The van der Waals surface area contributed by atoms with Crippen LogP contribution in [0.15, 0.2) is 0 Å². The maximum atomic E-state index is 11.6. The smallest absolute Gasteiger partial charge is 0.375 e. The van der Waals surface area contributed by atoms with Crippen molar-refractivity contribution in [1.82, 2.24) is 5.32 Å². The van der Waals surface area contributed by atoms with Crippen LogP contribution in [-0.2, 0) is 19.1 Å². The van der Waals surface area contributed by atoms with Crippen molar-refractivity contribution < 1.29 is 19.1 Å². The highest BCUT2D eigenvalue weighted by Gasteiger charge is 2.24. The fourth-order valence-electron chi connectivity index (χ4n) is 1.22. The van der Waals surface area contributed by atoms with E-state index in [4.69, 9.17) is 9.47 Å². The van der Waals surface area contributed by atoms with Crippen LogP contribution >= 0.6 is 0 Å². The van der Waals surface area contributed by atoms with Gasteiger partial charge in [0.05, 0.1) is 6.10 Å². The predicted octanol–water partition coefficient (Wildman–Crippen LogP) is 1.30. The molecule has 5 heteroatoms.